The van der Waals surface area contributed by atoms with E-state index in [1.807, 2.05) is 0 Å². The molecule has 0 spiro atoms. The normalized spacial score (nSPS) is 30.1. The minimum absolute atomic E-state index is 0.391. The van der Waals surface area contributed by atoms with E-state index in [9.17, 15) is 0 Å². The number of morpholine rings is 1. The molecule has 1 aromatic rings. The highest BCUT2D eigenvalue weighted by Gasteiger charge is 2.30. The summed E-state index contributed by atoms with van der Waals surface area (Å²) in [5.41, 5.74) is 2.96. The second kappa shape index (κ2) is 3.95. The highest BCUT2D eigenvalue weighted by molar-refractivity contribution is 5.32. The van der Waals surface area contributed by atoms with Crippen molar-refractivity contribution in [2.24, 2.45) is 0 Å². The Morgan fingerprint density at radius 1 is 1.27 bits per heavy atom. The molecule has 0 bridgehead atoms. The lowest BCUT2D eigenvalue weighted by atomic mass is 9.97. The molecule has 0 unspecified atom stereocenters. The predicted molar refractivity (Wildman–Crippen MR) is 59.9 cm³/mol. The van der Waals surface area contributed by atoms with E-state index in [0.717, 1.165) is 13.2 Å². The molecule has 15 heavy (non-hydrogen) atoms. The molecule has 1 aliphatic heterocycles. The van der Waals surface area contributed by atoms with Gasteiger partial charge in [0.25, 0.3) is 0 Å². The third-order valence-corrected chi connectivity index (χ3v) is 3.49. The maximum Gasteiger partial charge on any atom is 0.0770 e. The molecule has 1 saturated heterocycles. The lowest BCUT2D eigenvalue weighted by Crippen LogP contribution is -2.41. The van der Waals surface area contributed by atoms with Crippen LogP contribution in [0.5, 0.6) is 0 Å². The van der Waals surface area contributed by atoms with Crippen molar-refractivity contribution < 1.29 is 4.74 Å². The average Bonchev–Trinajstić information content (AvgIpc) is 2.48. The third kappa shape index (κ3) is 1.68. The van der Waals surface area contributed by atoms with Crippen LogP contribution in [0.3, 0.4) is 0 Å². The number of benzene rings is 1. The van der Waals surface area contributed by atoms with E-state index in [-0.39, 0.29) is 0 Å². The molecule has 80 valence electrons. The van der Waals surface area contributed by atoms with Gasteiger partial charge in [-0.2, -0.15) is 0 Å². The fourth-order valence-electron chi connectivity index (χ4n) is 2.77. The molecule has 1 heterocycles. The van der Waals surface area contributed by atoms with E-state index >= 15 is 0 Å². The van der Waals surface area contributed by atoms with Gasteiger partial charge < -0.3 is 10.1 Å². The van der Waals surface area contributed by atoms with Gasteiger partial charge in [-0.1, -0.05) is 24.3 Å². The van der Waals surface area contributed by atoms with Crippen molar-refractivity contribution in [1.82, 2.24) is 5.32 Å². The monoisotopic (exact) mass is 203 g/mol. The summed E-state index contributed by atoms with van der Waals surface area (Å²) in [6, 6.07) is 9.21. The highest BCUT2D eigenvalue weighted by atomic mass is 16.5. The molecule has 3 rings (SSSR count). The summed E-state index contributed by atoms with van der Waals surface area (Å²) in [5.74, 6) is 0. The van der Waals surface area contributed by atoms with Crippen molar-refractivity contribution in [2.45, 2.75) is 31.4 Å². The molecule has 1 N–H and O–H groups in total. The Morgan fingerprint density at radius 2 is 2.20 bits per heavy atom. The molecule has 0 saturated carbocycles. The fourth-order valence-corrected chi connectivity index (χ4v) is 2.77. The Hall–Kier alpha value is -0.860. The van der Waals surface area contributed by atoms with Gasteiger partial charge in [0.2, 0.25) is 0 Å². The van der Waals surface area contributed by atoms with E-state index in [1.54, 1.807) is 0 Å². The molecule has 2 heteroatoms. The smallest absolute Gasteiger partial charge is 0.0770 e. The number of nitrogens with one attached hydrogen (secondary N) is 1. The lowest BCUT2D eigenvalue weighted by molar-refractivity contribution is -0.00838. The van der Waals surface area contributed by atoms with Gasteiger partial charge in [-0.25, -0.2) is 0 Å². The standard InChI is InChI=1S/C13H17NO/c1-2-6-11-10(4-1)5-3-7-12-13(11)14-8-9-15-12/h1-2,4,6,12-14H,3,5,7-9H2/t12-,13-/m0/s1. The maximum atomic E-state index is 5.86. The van der Waals surface area contributed by atoms with E-state index in [4.69, 9.17) is 4.74 Å². The Bertz CT molecular complexity index is 350. The van der Waals surface area contributed by atoms with Gasteiger partial charge in [0.15, 0.2) is 0 Å². The largest absolute Gasteiger partial charge is 0.375 e. The third-order valence-electron chi connectivity index (χ3n) is 3.49. The van der Waals surface area contributed by atoms with Crippen LogP contribution in [0, 0.1) is 0 Å². The predicted octanol–water partition coefficient (Wildman–Crippen LogP) is 2.05. The van der Waals surface area contributed by atoms with Gasteiger partial charge in [-0.3, -0.25) is 0 Å². The van der Waals surface area contributed by atoms with Crippen molar-refractivity contribution in [3.05, 3.63) is 35.4 Å². The van der Waals surface area contributed by atoms with Gasteiger partial charge in [0.05, 0.1) is 18.8 Å². The van der Waals surface area contributed by atoms with Crippen molar-refractivity contribution in [3.8, 4) is 0 Å². The summed E-state index contributed by atoms with van der Waals surface area (Å²) >= 11 is 0. The highest BCUT2D eigenvalue weighted by Crippen LogP contribution is 2.31. The molecular weight excluding hydrogens is 186 g/mol. The summed E-state index contributed by atoms with van der Waals surface area (Å²) in [4.78, 5) is 0. The SMILES string of the molecule is c1ccc2c(c1)CCC[C@@H]1OCCN[C@@H]21. The topological polar surface area (TPSA) is 21.3 Å². The van der Waals surface area contributed by atoms with E-state index < -0.39 is 0 Å². The quantitative estimate of drug-likeness (QED) is 0.697. The van der Waals surface area contributed by atoms with E-state index in [1.165, 1.54) is 30.4 Å². The van der Waals surface area contributed by atoms with Gasteiger partial charge >= 0.3 is 0 Å². The summed E-state index contributed by atoms with van der Waals surface area (Å²) in [7, 11) is 0. The molecule has 1 aromatic carbocycles. The molecular formula is C13H17NO. The molecule has 0 aromatic heterocycles. The maximum absolute atomic E-state index is 5.86. The minimum Gasteiger partial charge on any atom is -0.375 e. The van der Waals surface area contributed by atoms with Crippen LogP contribution in [0.2, 0.25) is 0 Å². The summed E-state index contributed by atoms with van der Waals surface area (Å²) < 4.78 is 5.86. The van der Waals surface area contributed by atoms with Crippen LogP contribution in [0.25, 0.3) is 0 Å². The zero-order valence-electron chi connectivity index (χ0n) is 8.91. The van der Waals surface area contributed by atoms with Crippen LogP contribution >= 0.6 is 0 Å². The average molecular weight is 203 g/mol. The Balaban J connectivity index is 1.99. The first-order valence-electron chi connectivity index (χ1n) is 5.88. The molecule has 0 radical (unpaired) electrons. The summed E-state index contributed by atoms with van der Waals surface area (Å²) in [5, 5.41) is 3.59. The number of fused-ring (bicyclic) bond motifs is 3. The van der Waals surface area contributed by atoms with Crippen molar-refractivity contribution in [1.29, 1.82) is 0 Å². The van der Waals surface area contributed by atoms with Crippen LogP contribution in [0.15, 0.2) is 24.3 Å². The van der Waals surface area contributed by atoms with Gasteiger partial charge in [0.1, 0.15) is 0 Å². The second-order valence-corrected chi connectivity index (χ2v) is 4.43. The Morgan fingerprint density at radius 3 is 3.20 bits per heavy atom. The first-order valence-corrected chi connectivity index (χ1v) is 5.88. The molecule has 2 atom stereocenters. The summed E-state index contributed by atoms with van der Waals surface area (Å²) in [6.45, 7) is 1.85. The Kier molecular flexibility index (Phi) is 2.47. The number of hydrogen-bond acceptors (Lipinski definition) is 2. The summed E-state index contributed by atoms with van der Waals surface area (Å²) in [6.07, 6.45) is 4.03. The van der Waals surface area contributed by atoms with Crippen LogP contribution in [0.1, 0.15) is 30.0 Å². The zero-order chi connectivity index (χ0) is 10.1. The zero-order valence-corrected chi connectivity index (χ0v) is 8.91. The number of aryl methyl sites for hydroxylation is 1. The Labute approximate surface area is 90.6 Å². The van der Waals surface area contributed by atoms with E-state index in [2.05, 4.69) is 29.6 Å². The van der Waals surface area contributed by atoms with Crippen molar-refractivity contribution >= 4 is 0 Å². The number of ether oxygens (including phenoxy) is 1. The van der Waals surface area contributed by atoms with Gasteiger partial charge in [-0.05, 0) is 30.4 Å². The molecule has 2 aliphatic rings. The van der Waals surface area contributed by atoms with Crippen molar-refractivity contribution in [3.63, 3.8) is 0 Å². The second-order valence-electron chi connectivity index (χ2n) is 4.43. The fraction of sp³-hybridized carbons (Fsp3) is 0.538. The van der Waals surface area contributed by atoms with Crippen molar-refractivity contribution in [2.75, 3.05) is 13.2 Å². The van der Waals surface area contributed by atoms with Crippen LogP contribution in [-0.4, -0.2) is 19.3 Å². The molecule has 0 amide bonds. The minimum atomic E-state index is 0.391. The van der Waals surface area contributed by atoms with Crippen LogP contribution in [-0.2, 0) is 11.2 Å². The molecule has 2 nitrogen and oxygen atoms in total. The van der Waals surface area contributed by atoms with Gasteiger partial charge in [0, 0.05) is 6.54 Å². The van der Waals surface area contributed by atoms with Gasteiger partial charge in [-0.15, -0.1) is 0 Å². The first-order chi connectivity index (χ1) is 7.45. The van der Waals surface area contributed by atoms with Crippen LogP contribution in [0.4, 0.5) is 0 Å². The lowest BCUT2D eigenvalue weighted by Gasteiger charge is -2.32. The number of hydrogen-bond donors (Lipinski definition) is 1. The first kappa shape index (κ1) is 9.37. The number of rotatable bonds is 0. The molecule has 1 aliphatic carbocycles. The van der Waals surface area contributed by atoms with E-state index in [0.29, 0.717) is 12.1 Å². The van der Waals surface area contributed by atoms with Crippen LogP contribution < -0.4 is 5.32 Å². The molecule has 1 fully saturated rings.